The molecule has 0 radical (unpaired) electrons. The summed E-state index contributed by atoms with van der Waals surface area (Å²) in [5.41, 5.74) is 1.48. The lowest BCUT2D eigenvalue weighted by atomic mass is 10.3. The molecule has 0 aliphatic heterocycles. The zero-order valence-electron chi connectivity index (χ0n) is 12.9. The summed E-state index contributed by atoms with van der Waals surface area (Å²) in [6.45, 7) is 3.60. The van der Waals surface area contributed by atoms with E-state index in [4.69, 9.17) is 8.83 Å². The molecule has 1 N–H and O–H groups in total. The second-order valence-corrected chi connectivity index (χ2v) is 7.23. The van der Waals surface area contributed by atoms with Crippen molar-refractivity contribution in [2.45, 2.75) is 24.3 Å². The van der Waals surface area contributed by atoms with Gasteiger partial charge in [-0.2, -0.15) is 0 Å². The van der Waals surface area contributed by atoms with Crippen LogP contribution in [0.2, 0.25) is 0 Å². The number of anilines is 1. The lowest BCUT2D eigenvalue weighted by Gasteiger charge is -2.09. The zero-order valence-corrected chi connectivity index (χ0v) is 15.3. The Morgan fingerprint density at radius 3 is 2.67 bits per heavy atom. The molecule has 0 spiro atoms. The van der Waals surface area contributed by atoms with Crippen molar-refractivity contribution in [2.24, 2.45) is 0 Å². The third kappa shape index (κ3) is 3.88. The van der Waals surface area contributed by atoms with Crippen LogP contribution in [0.15, 0.2) is 55.1 Å². The van der Waals surface area contributed by atoms with Gasteiger partial charge in [0.2, 0.25) is 5.91 Å². The monoisotopic (exact) mass is 407 g/mol. The first kappa shape index (κ1) is 16.8. The number of halogens is 1. The van der Waals surface area contributed by atoms with Gasteiger partial charge in [0.25, 0.3) is 11.1 Å². The fraction of sp³-hybridized carbons (Fsp3) is 0.188. The van der Waals surface area contributed by atoms with Gasteiger partial charge in [-0.25, -0.2) is 0 Å². The second-order valence-electron chi connectivity index (χ2n) is 5.02. The third-order valence-corrected chi connectivity index (χ3v) is 4.72. The van der Waals surface area contributed by atoms with Crippen molar-refractivity contribution in [1.82, 2.24) is 10.2 Å². The number of benzene rings is 1. The van der Waals surface area contributed by atoms with Crippen molar-refractivity contribution >= 4 is 39.3 Å². The van der Waals surface area contributed by atoms with Crippen molar-refractivity contribution in [1.29, 1.82) is 0 Å². The van der Waals surface area contributed by atoms with E-state index in [9.17, 15) is 4.79 Å². The summed E-state index contributed by atoms with van der Waals surface area (Å²) in [5.74, 6) is 0.946. The Morgan fingerprint density at radius 2 is 2.00 bits per heavy atom. The first-order valence-electron chi connectivity index (χ1n) is 7.14. The molecular formula is C16H14BrN3O3S. The summed E-state index contributed by atoms with van der Waals surface area (Å²) in [7, 11) is 0. The molecule has 2 heterocycles. The van der Waals surface area contributed by atoms with E-state index in [0.29, 0.717) is 16.9 Å². The van der Waals surface area contributed by atoms with Gasteiger partial charge in [0.1, 0.15) is 5.76 Å². The predicted molar refractivity (Wildman–Crippen MR) is 94.8 cm³/mol. The van der Waals surface area contributed by atoms with E-state index in [2.05, 4.69) is 31.4 Å². The van der Waals surface area contributed by atoms with Gasteiger partial charge in [0.15, 0.2) is 0 Å². The lowest BCUT2D eigenvalue weighted by molar-refractivity contribution is -0.115. The lowest BCUT2D eigenvalue weighted by Crippen LogP contribution is -2.22. The molecule has 8 heteroatoms. The van der Waals surface area contributed by atoms with E-state index >= 15 is 0 Å². The highest BCUT2D eigenvalue weighted by Crippen LogP contribution is 2.28. The van der Waals surface area contributed by atoms with Crippen LogP contribution in [0.3, 0.4) is 0 Å². The molecule has 1 atom stereocenters. The Labute approximate surface area is 151 Å². The van der Waals surface area contributed by atoms with Gasteiger partial charge in [0, 0.05) is 10.2 Å². The van der Waals surface area contributed by atoms with Gasteiger partial charge in [-0.1, -0.05) is 27.7 Å². The standard InChI is InChI=1S/C16H14BrN3O3S/c1-9-13(7-8-22-9)15-19-20-16(23-15)24-10(2)14(21)18-12-5-3-11(17)4-6-12/h3-8,10H,1-2H3,(H,18,21)/t10-/m1/s1. The molecule has 3 rings (SSSR count). The van der Waals surface area contributed by atoms with Crippen LogP contribution in [0, 0.1) is 6.92 Å². The van der Waals surface area contributed by atoms with Crippen molar-refractivity contribution in [3.8, 4) is 11.5 Å². The van der Waals surface area contributed by atoms with Crippen LogP contribution < -0.4 is 5.32 Å². The highest BCUT2D eigenvalue weighted by molar-refractivity contribution is 9.10. The molecule has 0 aliphatic rings. The molecular weight excluding hydrogens is 394 g/mol. The predicted octanol–water partition coefficient (Wildman–Crippen LogP) is 4.52. The average molecular weight is 408 g/mol. The molecule has 0 saturated carbocycles. The number of aromatic nitrogens is 2. The number of hydrogen-bond donors (Lipinski definition) is 1. The first-order chi connectivity index (χ1) is 11.5. The fourth-order valence-electron chi connectivity index (χ4n) is 1.95. The van der Waals surface area contributed by atoms with Crippen LogP contribution in [-0.2, 0) is 4.79 Å². The second kappa shape index (κ2) is 7.23. The SMILES string of the molecule is Cc1occc1-c1nnc(S[C@H](C)C(=O)Nc2ccc(Br)cc2)o1. The summed E-state index contributed by atoms with van der Waals surface area (Å²) in [4.78, 5) is 12.2. The number of aryl methyl sites for hydroxylation is 1. The fourth-order valence-corrected chi connectivity index (χ4v) is 2.90. The van der Waals surface area contributed by atoms with E-state index in [1.807, 2.05) is 31.2 Å². The van der Waals surface area contributed by atoms with E-state index in [0.717, 1.165) is 15.7 Å². The molecule has 124 valence electrons. The Balaban J connectivity index is 1.63. The van der Waals surface area contributed by atoms with E-state index in [1.165, 1.54) is 11.8 Å². The summed E-state index contributed by atoms with van der Waals surface area (Å²) in [6, 6.07) is 9.15. The molecule has 1 amide bonds. The minimum atomic E-state index is -0.382. The van der Waals surface area contributed by atoms with Crippen LogP contribution >= 0.6 is 27.7 Å². The van der Waals surface area contributed by atoms with Gasteiger partial charge in [-0.3, -0.25) is 4.79 Å². The number of rotatable bonds is 5. The number of carbonyl (C=O) groups excluding carboxylic acids is 1. The van der Waals surface area contributed by atoms with Crippen molar-refractivity contribution in [2.75, 3.05) is 5.32 Å². The largest absolute Gasteiger partial charge is 0.469 e. The molecule has 24 heavy (non-hydrogen) atoms. The molecule has 0 fully saturated rings. The topological polar surface area (TPSA) is 81.2 Å². The van der Waals surface area contributed by atoms with Crippen LogP contribution in [0.25, 0.3) is 11.5 Å². The number of thioether (sulfide) groups is 1. The van der Waals surface area contributed by atoms with Gasteiger partial charge < -0.3 is 14.2 Å². The minimum Gasteiger partial charge on any atom is -0.469 e. The van der Waals surface area contributed by atoms with Crippen LogP contribution in [0.4, 0.5) is 5.69 Å². The Hall–Kier alpha value is -2.06. The molecule has 3 aromatic rings. The quantitative estimate of drug-likeness (QED) is 0.626. The van der Waals surface area contributed by atoms with Crippen molar-refractivity contribution in [3.05, 3.63) is 46.8 Å². The number of nitrogens with one attached hydrogen (secondary N) is 1. The normalized spacial score (nSPS) is 12.1. The summed E-state index contributed by atoms with van der Waals surface area (Å²) < 4.78 is 11.8. The van der Waals surface area contributed by atoms with Crippen molar-refractivity contribution in [3.63, 3.8) is 0 Å². The van der Waals surface area contributed by atoms with E-state index in [1.54, 1.807) is 19.3 Å². The average Bonchev–Trinajstić information content (AvgIpc) is 3.18. The molecule has 6 nitrogen and oxygen atoms in total. The maximum Gasteiger partial charge on any atom is 0.277 e. The van der Waals surface area contributed by atoms with Gasteiger partial charge in [-0.15, -0.1) is 10.2 Å². The van der Waals surface area contributed by atoms with Gasteiger partial charge >= 0.3 is 0 Å². The molecule has 0 bridgehead atoms. The molecule has 0 unspecified atom stereocenters. The number of hydrogen-bond acceptors (Lipinski definition) is 6. The highest BCUT2D eigenvalue weighted by atomic mass is 79.9. The van der Waals surface area contributed by atoms with Crippen LogP contribution in [0.1, 0.15) is 12.7 Å². The van der Waals surface area contributed by atoms with Crippen LogP contribution in [-0.4, -0.2) is 21.4 Å². The summed E-state index contributed by atoms with van der Waals surface area (Å²) in [6.07, 6.45) is 1.57. The number of amides is 1. The Kier molecular flexibility index (Phi) is 5.06. The van der Waals surface area contributed by atoms with E-state index in [-0.39, 0.29) is 11.2 Å². The zero-order chi connectivity index (χ0) is 17.1. The summed E-state index contributed by atoms with van der Waals surface area (Å²) >= 11 is 4.56. The number of carbonyl (C=O) groups is 1. The van der Waals surface area contributed by atoms with Crippen molar-refractivity contribution < 1.29 is 13.6 Å². The highest BCUT2D eigenvalue weighted by Gasteiger charge is 2.20. The van der Waals surface area contributed by atoms with Gasteiger partial charge in [0.05, 0.1) is 17.1 Å². The van der Waals surface area contributed by atoms with Gasteiger partial charge in [-0.05, 0) is 44.2 Å². The first-order valence-corrected chi connectivity index (χ1v) is 8.81. The molecule has 0 aliphatic carbocycles. The maximum atomic E-state index is 12.2. The number of nitrogens with zero attached hydrogens (tertiary/aromatic N) is 2. The Morgan fingerprint density at radius 1 is 1.25 bits per heavy atom. The smallest absolute Gasteiger partial charge is 0.277 e. The molecule has 2 aromatic heterocycles. The summed E-state index contributed by atoms with van der Waals surface area (Å²) in [5, 5.41) is 10.8. The third-order valence-electron chi connectivity index (χ3n) is 3.25. The van der Waals surface area contributed by atoms with E-state index < -0.39 is 0 Å². The Bertz CT molecular complexity index is 844. The molecule has 1 aromatic carbocycles. The molecule has 0 saturated heterocycles. The maximum absolute atomic E-state index is 12.2. The van der Waals surface area contributed by atoms with Crippen LogP contribution in [0.5, 0.6) is 0 Å². The minimum absolute atomic E-state index is 0.137. The number of furan rings is 1.